The van der Waals surface area contributed by atoms with E-state index in [0.717, 1.165) is 43.4 Å². The van der Waals surface area contributed by atoms with E-state index in [2.05, 4.69) is 44.4 Å². The van der Waals surface area contributed by atoms with Gasteiger partial charge in [-0.25, -0.2) is 4.98 Å². The van der Waals surface area contributed by atoms with Gasteiger partial charge < -0.3 is 5.32 Å². The number of imidazole rings is 1. The fraction of sp³-hybridized carbons (Fsp3) is 0.368. The Kier molecular flexibility index (Phi) is 5.29. The van der Waals surface area contributed by atoms with Crippen molar-refractivity contribution in [3.63, 3.8) is 0 Å². The molecule has 0 bridgehead atoms. The summed E-state index contributed by atoms with van der Waals surface area (Å²) in [6, 6.07) is 10.5. The molecule has 0 saturated carbocycles. The molecule has 7 heteroatoms. The Labute approximate surface area is 157 Å². The van der Waals surface area contributed by atoms with Gasteiger partial charge >= 0.3 is 0 Å². The molecule has 4 rings (SSSR count). The maximum absolute atomic E-state index is 12.2. The molecule has 2 aromatic heterocycles. The minimum Gasteiger partial charge on any atom is -0.349 e. The lowest BCUT2D eigenvalue weighted by molar-refractivity contribution is -0.122. The first-order valence-corrected chi connectivity index (χ1v) is 9.81. The first-order valence-electron chi connectivity index (χ1n) is 8.93. The maximum atomic E-state index is 12.2. The number of nitrogens with zero attached hydrogens (tertiary/aromatic N) is 4. The Morgan fingerprint density at radius 1 is 1.12 bits per heavy atom. The molecule has 1 aromatic carbocycles. The van der Waals surface area contributed by atoms with Crippen molar-refractivity contribution in [2.45, 2.75) is 13.1 Å². The van der Waals surface area contributed by atoms with Crippen molar-refractivity contribution in [3.8, 4) is 0 Å². The molecule has 1 fully saturated rings. The van der Waals surface area contributed by atoms with Crippen LogP contribution >= 0.6 is 11.3 Å². The number of carbonyl (C=O) groups is 1. The van der Waals surface area contributed by atoms with Gasteiger partial charge in [0.25, 0.3) is 0 Å². The SMILES string of the molecule is O=C(CN1CCN(Cc2ccccc2)CC1)NCc1cn2ccsc2n1. The van der Waals surface area contributed by atoms with E-state index in [1.807, 2.05) is 28.2 Å². The van der Waals surface area contributed by atoms with Crippen LogP contribution in [0.1, 0.15) is 11.3 Å². The monoisotopic (exact) mass is 369 g/mol. The molecule has 1 N–H and O–H groups in total. The lowest BCUT2D eigenvalue weighted by Gasteiger charge is -2.34. The number of benzene rings is 1. The number of fused-ring (bicyclic) bond motifs is 1. The Balaban J connectivity index is 1.19. The molecule has 3 heterocycles. The Hall–Kier alpha value is -2.22. The minimum absolute atomic E-state index is 0.0675. The Morgan fingerprint density at radius 2 is 1.88 bits per heavy atom. The molecule has 136 valence electrons. The zero-order chi connectivity index (χ0) is 17.8. The second-order valence-electron chi connectivity index (χ2n) is 6.64. The number of piperazine rings is 1. The lowest BCUT2D eigenvalue weighted by atomic mass is 10.2. The van der Waals surface area contributed by atoms with Crippen LogP contribution in [0.25, 0.3) is 4.96 Å². The van der Waals surface area contributed by atoms with E-state index in [1.165, 1.54) is 5.56 Å². The van der Waals surface area contributed by atoms with Crippen molar-refractivity contribution >= 4 is 22.2 Å². The smallest absolute Gasteiger partial charge is 0.234 e. The molecular weight excluding hydrogens is 346 g/mol. The number of aromatic nitrogens is 2. The fourth-order valence-corrected chi connectivity index (χ4v) is 3.98. The van der Waals surface area contributed by atoms with E-state index in [9.17, 15) is 4.79 Å². The summed E-state index contributed by atoms with van der Waals surface area (Å²) in [6.45, 7) is 5.79. The molecule has 1 aliphatic heterocycles. The van der Waals surface area contributed by atoms with Crippen LogP contribution in [0.4, 0.5) is 0 Å². The van der Waals surface area contributed by atoms with Crippen LogP contribution in [0, 0.1) is 0 Å². The molecule has 1 saturated heterocycles. The zero-order valence-electron chi connectivity index (χ0n) is 14.7. The highest BCUT2D eigenvalue weighted by atomic mass is 32.1. The highest BCUT2D eigenvalue weighted by Crippen LogP contribution is 2.11. The van der Waals surface area contributed by atoms with Crippen molar-refractivity contribution in [3.05, 3.63) is 59.4 Å². The van der Waals surface area contributed by atoms with Crippen molar-refractivity contribution in [1.82, 2.24) is 24.5 Å². The molecule has 0 radical (unpaired) electrons. The van der Waals surface area contributed by atoms with Crippen LogP contribution in [0.3, 0.4) is 0 Å². The molecule has 0 aliphatic carbocycles. The second-order valence-corrected chi connectivity index (χ2v) is 7.51. The van der Waals surface area contributed by atoms with Gasteiger partial charge in [0.05, 0.1) is 18.8 Å². The lowest BCUT2D eigenvalue weighted by Crippen LogP contribution is -2.49. The average molecular weight is 369 g/mol. The third kappa shape index (κ3) is 4.30. The van der Waals surface area contributed by atoms with E-state index in [1.54, 1.807) is 11.3 Å². The van der Waals surface area contributed by atoms with E-state index in [-0.39, 0.29) is 5.91 Å². The fourth-order valence-electron chi connectivity index (χ4n) is 3.26. The van der Waals surface area contributed by atoms with Crippen LogP contribution in [0.15, 0.2) is 48.1 Å². The summed E-state index contributed by atoms with van der Waals surface area (Å²) in [6.07, 6.45) is 3.95. The molecule has 0 spiro atoms. The minimum atomic E-state index is 0.0675. The third-order valence-corrected chi connectivity index (χ3v) is 5.46. The summed E-state index contributed by atoms with van der Waals surface area (Å²) in [5.74, 6) is 0.0675. The van der Waals surface area contributed by atoms with Gasteiger partial charge in [-0.15, -0.1) is 11.3 Å². The first-order chi connectivity index (χ1) is 12.8. The van der Waals surface area contributed by atoms with Gasteiger partial charge in [-0.1, -0.05) is 30.3 Å². The highest BCUT2D eigenvalue weighted by Gasteiger charge is 2.19. The summed E-state index contributed by atoms with van der Waals surface area (Å²) < 4.78 is 1.98. The number of hydrogen-bond acceptors (Lipinski definition) is 5. The molecule has 26 heavy (non-hydrogen) atoms. The van der Waals surface area contributed by atoms with Crippen LogP contribution in [0.5, 0.6) is 0 Å². The Bertz CT molecular complexity index is 823. The highest BCUT2D eigenvalue weighted by molar-refractivity contribution is 7.15. The number of rotatable bonds is 6. The number of carbonyl (C=O) groups excluding carboxylic acids is 1. The van der Waals surface area contributed by atoms with Crippen LogP contribution in [-0.4, -0.2) is 57.8 Å². The van der Waals surface area contributed by atoms with Gasteiger partial charge in [-0.05, 0) is 5.56 Å². The number of nitrogens with one attached hydrogen (secondary N) is 1. The van der Waals surface area contributed by atoms with Crippen molar-refractivity contribution in [1.29, 1.82) is 0 Å². The predicted octanol–water partition coefficient (Wildman–Crippen LogP) is 1.83. The normalized spacial score (nSPS) is 16.2. The largest absolute Gasteiger partial charge is 0.349 e. The Morgan fingerprint density at radius 3 is 2.65 bits per heavy atom. The number of amides is 1. The third-order valence-electron chi connectivity index (χ3n) is 4.69. The van der Waals surface area contributed by atoms with Gasteiger partial charge in [0.2, 0.25) is 5.91 Å². The molecule has 1 aliphatic rings. The molecule has 1 amide bonds. The van der Waals surface area contributed by atoms with Crippen molar-refractivity contribution < 1.29 is 4.79 Å². The topological polar surface area (TPSA) is 52.9 Å². The van der Waals surface area contributed by atoms with E-state index in [4.69, 9.17) is 0 Å². The maximum Gasteiger partial charge on any atom is 0.234 e. The quantitative estimate of drug-likeness (QED) is 0.720. The van der Waals surface area contributed by atoms with Gasteiger partial charge in [0.15, 0.2) is 4.96 Å². The molecule has 6 nitrogen and oxygen atoms in total. The summed E-state index contributed by atoms with van der Waals surface area (Å²) in [7, 11) is 0. The van der Waals surface area contributed by atoms with E-state index >= 15 is 0 Å². The molecule has 0 atom stereocenters. The first kappa shape index (κ1) is 17.2. The number of thiazole rings is 1. The van der Waals surface area contributed by atoms with Gasteiger partial charge in [-0.3, -0.25) is 19.0 Å². The molecular formula is C19H23N5OS. The van der Waals surface area contributed by atoms with Gasteiger partial charge in [-0.2, -0.15) is 0 Å². The summed E-state index contributed by atoms with van der Waals surface area (Å²) >= 11 is 1.60. The molecule has 3 aromatic rings. The molecule has 0 unspecified atom stereocenters. The summed E-state index contributed by atoms with van der Waals surface area (Å²) in [5, 5.41) is 4.98. The second kappa shape index (κ2) is 7.99. The van der Waals surface area contributed by atoms with Crippen LogP contribution in [0.2, 0.25) is 0 Å². The van der Waals surface area contributed by atoms with Crippen LogP contribution in [-0.2, 0) is 17.9 Å². The van der Waals surface area contributed by atoms with Gasteiger partial charge in [0.1, 0.15) is 0 Å². The van der Waals surface area contributed by atoms with E-state index < -0.39 is 0 Å². The summed E-state index contributed by atoms with van der Waals surface area (Å²) in [4.78, 5) is 22.3. The summed E-state index contributed by atoms with van der Waals surface area (Å²) in [5.41, 5.74) is 2.25. The number of hydrogen-bond donors (Lipinski definition) is 1. The van der Waals surface area contributed by atoms with Crippen LogP contribution < -0.4 is 5.32 Å². The predicted molar refractivity (Wildman–Crippen MR) is 103 cm³/mol. The average Bonchev–Trinajstić information content (AvgIpc) is 3.24. The zero-order valence-corrected chi connectivity index (χ0v) is 15.5. The van der Waals surface area contributed by atoms with Crippen molar-refractivity contribution in [2.24, 2.45) is 0 Å². The van der Waals surface area contributed by atoms with Gasteiger partial charge in [0, 0.05) is 50.5 Å². The van der Waals surface area contributed by atoms with Crippen molar-refractivity contribution in [2.75, 3.05) is 32.7 Å². The van der Waals surface area contributed by atoms with E-state index in [0.29, 0.717) is 13.1 Å². The standard InChI is InChI=1S/C19H23N5OS/c25-18(20-12-17-14-24-10-11-26-19(24)21-17)15-23-8-6-22(7-9-23)13-16-4-2-1-3-5-16/h1-5,10-11,14H,6-9,12-13,15H2,(H,20,25).